The van der Waals surface area contributed by atoms with Crippen molar-refractivity contribution in [2.75, 3.05) is 13.2 Å². The molecule has 1 saturated heterocycles. The number of amides is 1. The number of hydrogen-bond donors (Lipinski definition) is 1. The van der Waals surface area contributed by atoms with E-state index in [1.165, 1.54) is 23.1 Å². The molecule has 3 rings (SSSR count). The Labute approximate surface area is 182 Å². The van der Waals surface area contributed by atoms with Crippen molar-refractivity contribution in [2.45, 2.75) is 33.1 Å². The van der Waals surface area contributed by atoms with Gasteiger partial charge >= 0.3 is 5.97 Å². The number of rotatable bonds is 9. The SMILES string of the molecule is CCCN1C(=O)/C(=C\c2ccc(OCCC(=O)O)cc2)S/C1=N/c1nnc(CC)s1. The Kier molecular flexibility index (Phi) is 7.58. The quantitative estimate of drug-likeness (QED) is 0.581. The van der Waals surface area contributed by atoms with Gasteiger partial charge in [-0.05, 0) is 48.4 Å². The van der Waals surface area contributed by atoms with Crippen molar-refractivity contribution in [3.05, 3.63) is 39.7 Å². The van der Waals surface area contributed by atoms with Crippen LogP contribution in [-0.4, -0.2) is 50.4 Å². The lowest BCUT2D eigenvalue weighted by Crippen LogP contribution is -2.29. The van der Waals surface area contributed by atoms with E-state index in [9.17, 15) is 9.59 Å². The molecule has 1 amide bonds. The Hall–Kier alpha value is -2.72. The van der Waals surface area contributed by atoms with Crippen LogP contribution >= 0.6 is 23.1 Å². The minimum Gasteiger partial charge on any atom is -0.493 e. The molecule has 2 aromatic rings. The third kappa shape index (κ3) is 5.67. The van der Waals surface area contributed by atoms with Crippen LogP contribution < -0.4 is 4.74 Å². The number of carbonyl (C=O) groups excluding carboxylic acids is 1. The van der Waals surface area contributed by atoms with E-state index in [0.717, 1.165) is 23.4 Å². The Morgan fingerprint density at radius 3 is 2.67 bits per heavy atom. The third-order valence-corrected chi connectivity index (χ3v) is 6.02. The summed E-state index contributed by atoms with van der Waals surface area (Å²) in [6.45, 7) is 4.72. The summed E-state index contributed by atoms with van der Waals surface area (Å²) < 4.78 is 5.39. The van der Waals surface area contributed by atoms with Gasteiger partial charge in [0.25, 0.3) is 5.91 Å². The molecule has 10 heteroatoms. The molecule has 158 valence electrons. The number of aromatic nitrogens is 2. The number of aliphatic carboxylic acids is 1. The fraction of sp³-hybridized carbons (Fsp3) is 0.350. The van der Waals surface area contributed by atoms with Crippen molar-refractivity contribution in [1.29, 1.82) is 0 Å². The maximum absolute atomic E-state index is 12.9. The van der Waals surface area contributed by atoms with Gasteiger partial charge in [0, 0.05) is 6.54 Å². The summed E-state index contributed by atoms with van der Waals surface area (Å²) in [5.41, 5.74) is 0.846. The minimum absolute atomic E-state index is 0.0549. The highest BCUT2D eigenvalue weighted by Gasteiger charge is 2.33. The van der Waals surface area contributed by atoms with Gasteiger partial charge in [-0.15, -0.1) is 10.2 Å². The van der Waals surface area contributed by atoms with E-state index < -0.39 is 5.97 Å². The van der Waals surface area contributed by atoms with E-state index in [4.69, 9.17) is 9.84 Å². The summed E-state index contributed by atoms with van der Waals surface area (Å²) in [6.07, 6.45) is 3.38. The smallest absolute Gasteiger partial charge is 0.306 e. The summed E-state index contributed by atoms with van der Waals surface area (Å²) in [7, 11) is 0. The van der Waals surface area contributed by atoms with Crippen LogP contribution in [0.2, 0.25) is 0 Å². The number of amidine groups is 1. The summed E-state index contributed by atoms with van der Waals surface area (Å²) in [4.78, 5) is 30.2. The monoisotopic (exact) mass is 446 g/mol. The average Bonchev–Trinajstić information content (AvgIpc) is 3.29. The first-order valence-corrected chi connectivity index (χ1v) is 11.2. The highest BCUT2D eigenvalue weighted by atomic mass is 32.2. The maximum atomic E-state index is 12.9. The Morgan fingerprint density at radius 2 is 2.03 bits per heavy atom. The van der Waals surface area contributed by atoms with Gasteiger partial charge in [-0.1, -0.05) is 37.3 Å². The normalized spacial score (nSPS) is 16.6. The Balaban J connectivity index is 1.75. The van der Waals surface area contributed by atoms with E-state index in [-0.39, 0.29) is 18.9 Å². The predicted molar refractivity (Wildman–Crippen MR) is 118 cm³/mol. The number of aliphatic imine (C=N–C) groups is 1. The lowest BCUT2D eigenvalue weighted by atomic mass is 10.2. The minimum atomic E-state index is -0.901. The first kappa shape index (κ1) is 22.0. The van der Waals surface area contributed by atoms with Crippen molar-refractivity contribution in [2.24, 2.45) is 4.99 Å². The molecule has 1 aliphatic rings. The number of carboxylic acid groups (broad SMARTS) is 1. The van der Waals surface area contributed by atoms with E-state index in [2.05, 4.69) is 15.2 Å². The van der Waals surface area contributed by atoms with Gasteiger partial charge in [0.2, 0.25) is 5.13 Å². The molecule has 0 unspecified atom stereocenters. The number of carbonyl (C=O) groups is 2. The number of ether oxygens (including phenoxy) is 1. The first-order chi connectivity index (χ1) is 14.5. The lowest BCUT2D eigenvalue weighted by Gasteiger charge is -2.13. The van der Waals surface area contributed by atoms with Gasteiger partial charge in [0.15, 0.2) is 5.17 Å². The van der Waals surface area contributed by atoms with Crippen LogP contribution in [0.15, 0.2) is 34.2 Å². The van der Waals surface area contributed by atoms with Crippen molar-refractivity contribution in [3.8, 4) is 5.75 Å². The predicted octanol–water partition coefficient (Wildman–Crippen LogP) is 3.97. The molecule has 30 heavy (non-hydrogen) atoms. The van der Waals surface area contributed by atoms with Crippen molar-refractivity contribution in [3.63, 3.8) is 0 Å². The average molecular weight is 447 g/mol. The summed E-state index contributed by atoms with van der Waals surface area (Å²) >= 11 is 2.75. The standard InChI is InChI=1S/C20H22N4O4S2/c1-3-10-24-18(27)15(29-20(24)21-19-23-22-16(4-2)30-19)12-13-5-7-14(8-6-13)28-11-9-17(25)26/h5-8,12H,3-4,9-11H2,1-2H3,(H,25,26)/b15-12+,21-20+. The second-order valence-corrected chi connectivity index (χ2v) is 8.40. The number of aryl methyl sites for hydroxylation is 1. The molecule has 8 nitrogen and oxygen atoms in total. The van der Waals surface area contributed by atoms with Gasteiger partial charge in [-0.2, -0.15) is 4.99 Å². The van der Waals surface area contributed by atoms with Crippen LogP contribution in [0.5, 0.6) is 5.75 Å². The van der Waals surface area contributed by atoms with E-state index >= 15 is 0 Å². The molecule has 0 radical (unpaired) electrons. The first-order valence-electron chi connectivity index (χ1n) is 9.57. The molecule has 2 heterocycles. The molecular weight excluding hydrogens is 424 g/mol. The zero-order valence-electron chi connectivity index (χ0n) is 16.7. The van der Waals surface area contributed by atoms with E-state index in [1.807, 2.05) is 32.1 Å². The summed E-state index contributed by atoms with van der Waals surface area (Å²) in [5, 5.41) is 18.9. The Bertz CT molecular complexity index is 969. The fourth-order valence-electron chi connectivity index (χ4n) is 2.59. The lowest BCUT2D eigenvalue weighted by molar-refractivity contribution is -0.137. The van der Waals surface area contributed by atoms with Gasteiger partial charge in [-0.25, -0.2) is 0 Å². The van der Waals surface area contributed by atoms with E-state index in [0.29, 0.717) is 27.5 Å². The zero-order chi connectivity index (χ0) is 21.5. The molecule has 0 saturated carbocycles. The molecule has 0 aliphatic carbocycles. The topological polar surface area (TPSA) is 105 Å². The van der Waals surface area contributed by atoms with Crippen LogP contribution in [0.1, 0.15) is 37.3 Å². The molecule has 1 aromatic carbocycles. The number of nitrogens with zero attached hydrogens (tertiary/aromatic N) is 4. The zero-order valence-corrected chi connectivity index (χ0v) is 18.3. The van der Waals surface area contributed by atoms with Crippen molar-refractivity contribution < 1.29 is 19.4 Å². The third-order valence-electron chi connectivity index (χ3n) is 4.05. The summed E-state index contributed by atoms with van der Waals surface area (Å²) in [6, 6.07) is 7.17. The maximum Gasteiger partial charge on any atom is 0.306 e. The Morgan fingerprint density at radius 1 is 1.27 bits per heavy atom. The number of carboxylic acids is 1. The molecule has 0 spiro atoms. The molecular formula is C20H22N4O4S2. The number of hydrogen-bond acceptors (Lipinski definition) is 8. The summed E-state index contributed by atoms with van der Waals surface area (Å²) in [5.74, 6) is -0.397. The van der Waals surface area contributed by atoms with Crippen LogP contribution in [0, 0.1) is 0 Å². The second kappa shape index (κ2) is 10.4. The second-order valence-electron chi connectivity index (χ2n) is 6.35. The van der Waals surface area contributed by atoms with Crippen LogP contribution in [0.3, 0.4) is 0 Å². The van der Waals surface area contributed by atoms with Crippen LogP contribution in [0.25, 0.3) is 6.08 Å². The highest BCUT2D eigenvalue weighted by molar-refractivity contribution is 8.18. The molecule has 0 bridgehead atoms. The molecule has 1 fully saturated rings. The molecule has 0 atom stereocenters. The van der Waals surface area contributed by atoms with Crippen LogP contribution in [0.4, 0.5) is 5.13 Å². The van der Waals surface area contributed by atoms with Crippen molar-refractivity contribution >= 4 is 51.4 Å². The van der Waals surface area contributed by atoms with E-state index in [1.54, 1.807) is 17.0 Å². The van der Waals surface area contributed by atoms with Crippen molar-refractivity contribution in [1.82, 2.24) is 15.1 Å². The van der Waals surface area contributed by atoms with Gasteiger partial charge in [-0.3, -0.25) is 14.5 Å². The van der Waals surface area contributed by atoms with Gasteiger partial charge in [0.05, 0.1) is 17.9 Å². The molecule has 1 aliphatic heterocycles. The largest absolute Gasteiger partial charge is 0.493 e. The fourth-order valence-corrected chi connectivity index (χ4v) is 4.31. The van der Waals surface area contributed by atoms with Gasteiger partial charge in [0.1, 0.15) is 10.8 Å². The number of benzene rings is 1. The highest BCUT2D eigenvalue weighted by Crippen LogP contribution is 2.35. The number of thioether (sulfide) groups is 1. The van der Waals surface area contributed by atoms with Crippen LogP contribution in [-0.2, 0) is 16.0 Å². The van der Waals surface area contributed by atoms with Gasteiger partial charge < -0.3 is 9.84 Å². The molecule has 1 aromatic heterocycles. The molecule has 1 N–H and O–H groups in total.